The number of benzene rings is 1. The summed E-state index contributed by atoms with van der Waals surface area (Å²) >= 11 is 1.58. The summed E-state index contributed by atoms with van der Waals surface area (Å²) in [5, 5.41) is 1.83. The predicted molar refractivity (Wildman–Crippen MR) is 112 cm³/mol. The third-order valence-corrected chi connectivity index (χ3v) is 5.03. The molecule has 1 aromatic rings. The Labute approximate surface area is 156 Å². The van der Waals surface area contributed by atoms with Gasteiger partial charge in [0.25, 0.3) is 0 Å². The van der Waals surface area contributed by atoms with E-state index < -0.39 is 0 Å². The molecule has 0 spiro atoms. The summed E-state index contributed by atoms with van der Waals surface area (Å²) in [5.74, 6) is 1.58. The highest BCUT2D eigenvalue weighted by Gasteiger charge is 2.34. The van der Waals surface area contributed by atoms with Crippen molar-refractivity contribution in [2.75, 3.05) is 11.4 Å². The fraction of sp³-hybridized carbons (Fsp3) is 0.450. The highest BCUT2D eigenvalue weighted by molar-refractivity contribution is 8.02. The topological polar surface area (TPSA) is 29.5 Å². The summed E-state index contributed by atoms with van der Waals surface area (Å²) in [6.07, 6.45) is 1.90. The lowest BCUT2D eigenvalue weighted by molar-refractivity contribution is 0.241. The van der Waals surface area contributed by atoms with Gasteiger partial charge < -0.3 is 9.64 Å². The van der Waals surface area contributed by atoms with Gasteiger partial charge in [0.05, 0.1) is 11.8 Å². The molecule has 0 saturated heterocycles. The van der Waals surface area contributed by atoms with Crippen LogP contribution in [0, 0.1) is 0 Å². The first-order valence-electron chi connectivity index (χ1n) is 8.88. The van der Waals surface area contributed by atoms with Gasteiger partial charge in [0.2, 0.25) is 7.28 Å². The zero-order valence-electron chi connectivity index (χ0n) is 16.0. The summed E-state index contributed by atoms with van der Waals surface area (Å²) in [7, 11) is 0.555. The Morgan fingerprint density at radius 3 is 2.60 bits per heavy atom. The minimum atomic E-state index is 0.0528. The van der Waals surface area contributed by atoms with E-state index in [1.807, 2.05) is 36.3 Å². The molecule has 0 radical (unpaired) electrons. The second kappa shape index (κ2) is 8.18. The fourth-order valence-corrected chi connectivity index (χ4v) is 4.18. The lowest BCUT2D eigenvalue weighted by Crippen LogP contribution is -2.33. The standard InChI is InChI=1S/C20H28BNO2S/c1-8-15-17(24-13(5)6)10-16-18(19(15)25-9-2)14(7)11-22(16)20(23)21-12(3)4/h8-10,12-14,21H,1-2,11H2,3-7H3. The zero-order chi connectivity index (χ0) is 18.7. The van der Waals surface area contributed by atoms with Gasteiger partial charge in [0.15, 0.2) is 5.81 Å². The molecule has 1 aliphatic rings. The molecule has 5 heteroatoms. The van der Waals surface area contributed by atoms with Crippen LogP contribution in [0.5, 0.6) is 5.75 Å². The van der Waals surface area contributed by atoms with E-state index >= 15 is 0 Å². The molecule has 1 unspecified atom stereocenters. The van der Waals surface area contributed by atoms with E-state index in [-0.39, 0.29) is 17.8 Å². The number of ether oxygens (including phenoxy) is 1. The predicted octanol–water partition coefficient (Wildman–Crippen LogP) is 5.66. The summed E-state index contributed by atoms with van der Waals surface area (Å²) in [6, 6.07) is 2.02. The number of thioether (sulfide) groups is 1. The highest BCUT2D eigenvalue weighted by Crippen LogP contribution is 2.48. The van der Waals surface area contributed by atoms with Crippen LogP contribution < -0.4 is 9.64 Å². The van der Waals surface area contributed by atoms with Crippen LogP contribution in [0.1, 0.15) is 51.7 Å². The van der Waals surface area contributed by atoms with Gasteiger partial charge in [-0.1, -0.05) is 57.6 Å². The molecule has 1 aromatic carbocycles. The molecule has 2 rings (SSSR count). The van der Waals surface area contributed by atoms with Gasteiger partial charge in [-0.25, -0.2) is 0 Å². The lowest BCUT2D eigenvalue weighted by atomic mass is 9.65. The molecule has 0 bridgehead atoms. The second-order valence-electron chi connectivity index (χ2n) is 7.21. The quantitative estimate of drug-likeness (QED) is 0.466. The molecule has 0 saturated carbocycles. The van der Waals surface area contributed by atoms with Crippen molar-refractivity contribution < 1.29 is 9.53 Å². The van der Waals surface area contributed by atoms with Crippen LogP contribution in [0.2, 0.25) is 5.82 Å². The average molecular weight is 357 g/mol. The molecule has 1 amide bonds. The van der Waals surface area contributed by atoms with Crippen molar-refractivity contribution >= 4 is 36.6 Å². The highest BCUT2D eigenvalue weighted by atomic mass is 32.2. The van der Waals surface area contributed by atoms with Crippen LogP contribution in [0.15, 0.2) is 29.5 Å². The van der Waals surface area contributed by atoms with Crippen molar-refractivity contribution in [2.45, 2.75) is 57.4 Å². The largest absolute Gasteiger partial charge is 0.490 e. The Morgan fingerprint density at radius 1 is 1.40 bits per heavy atom. The van der Waals surface area contributed by atoms with E-state index in [9.17, 15) is 4.79 Å². The summed E-state index contributed by atoms with van der Waals surface area (Å²) in [4.78, 5) is 15.8. The van der Waals surface area contributed by atoms with Crippen LogP contribution in [0.4, 0.5) is 10.5 Å². The van der Waals surface area contributed by atoms with Crippen LogP contribution >= 0.6 is 11.8 Å². The molecular weight excluding hydrogens is 329 g/mol. The summed E-state index contributed by atoms with van der Waals surface area (Å²) in [6.45, 7) is 18.9. The van der Waals surface area contributed by atoms with Gasteiger partial charge in [-0.3, -0.25) is 4.79 Å². The number of rotatable bonds is 7. The zero-order valence-corrected chi connectivity index (χ0v) is 16.8. The van der Waals surface area contributed by atoms with Crippen molar-refractivity contribution in [3.05, 3.63) is 35.8 Å². The number of nitrogens with zero attached hydrogens (tertiary/aromatic N) is 1. The Hall–Kier alpha value is -1.62. The van der Waals surface area contributed by atoms with E-state index in [1.54, 1.807) is 11.8 Å². The third kappa shape index (κ3) is 4.14. The van der Waals surface area contributed by atoms with Gasteiger partial charge in [-0.2, -0.15) is 0 Å². The Kier molecular flexibility index (Phi) is 6.44. The van der Waals surface area contributed by atoms with Crippen LogP contribution in [-0.2, 0) is 0 Å². The second-order valence-corrected chi connectivity index (χ2v) is 8.19. The Balaban J connectivity index is 2.62. The van der Waals surface area contributed by atoms with Crippen molar-refractivity contribution in [3.63, 3.8) is 0 Å². The number of amides is 1. The maximum atomic E-state index is 12.8. The number of hydrogen-bond donors (Lipinski definition) is 0. The monoisotopic (exact) mass is 357 g/mol. The molecule has 134 valence electrons. The lowest BCUT2D eigenvalue weighted by Gasteiger charge is -2.22. The van der Waals surface area contributed by atoms with Crippen LogP contribution in [-0.4, -0.2) is 25.7 Å². The van der Waals surface area contributed by atoms with E-state index in [4.69, 9.17) is 4.74 Å². The van der Waals surface area contributed by atoms with Crippen molar-refractivity contribution in [1.29, 1.82) is 0 Å². The smallest absolute Gasteiger partial charge is 0.237 e. The van der Waals surface area contributed by atoms with E-state index in [0.717, 1.165) is 21.9 Å². The van der Waals surface area contributed by atoms with Crippen molar-refractivity contribution in [1.82, 2.24) is 0 Å². The van der Waals surface area contributed by atoms with E-state index in [1.165, 1.54) is 5.56 Å². The molecule has 0 fully saturated rings. The minimum absolute atomic E-state index is 0.0528. The minimum Gasteiger partial charge on any atom is -0.490 e. The number of carbonyl (C=O) groups is 1. The Morgan fingerprint density at radius 2 is 2.08 bits per heavy atom. The maximum absolute atomic E-state index is 12.8. The third-order valence-electron chi connectivity index (χ3n) is 4.19. The molecule has 3 nitrogen and oxygen atoms in total. The van der Waals surface area contributed by atoms with Crippen molar-refractivity contribution in [3.8, 4) is 5.75 Å². The molecule has 0 N–H and O–H groups in total. The molecule has 1 heterocycles. The number of hydrogen-bond acceptors (Lipinski definition) is 3. The molecule has 1 atom stereocenters. The van der Waals surface area contributed by atoms with Crippen molar-refractivity contribution in [2.24, 2.45) is 0 Å². The maximum Gasteiger partial charge on any atom is 0.237 e. The average Bonchev–Trinajstić information content (AvgIpc) is 2.83. The van der Waals surface area contributed by atoms with Gasteiger partial charge >= 0.3 is 0 Å². The first kappa shape index (κ1) is 19.7. The molecule has 0 aliphatic carbocycles. The Bertz CT molecular complexity index is 685. The number of fused-ring (bicyclic) bond motifs is 1. The van der Waals surface area contributed by atoms with Gasteiger partial charge in [-0.15, -0.1) is 0 Å². The normalized spacial score (nSPS) is 16.1. The van der Waals surface area contributed by atoms with Gasteiger partial charge in [0.1, 0.15) is 5.75 Å². The van der Waals surface area contributed by atoms with Crippen LogP contribution in [0.25, 0.3) is 6.08 Å². The molecule has 0 aromatic heterocycles. The van der Waals surface area contributed by atoms with Gasteiger partial charge in [0, 0.05) is 29.0 Å². The molecular formula is C20H28BNO2S. The number of carbonyl (C=O) groups excluding carboxylic acids is 1. The number of anilines is 1. The summed E-state index contributed by atoms with van der Waals surface area (Å²) in [5.41, 5.74) is 3.17. The van der Waals surface area contributed by atoms with E-state index in [0.29, 0.717) is 19.6 Å². The first-order valence-corrected chi connectivity index (χ1v) is 9.75. The van der Waals surface area contributed by atoms with Gasteiger partial charge in [-0.05, 0) is 24.8 Å². The first-order chi connectivity index (χ1) is 11.8. The molecule has 25 heavy (non-hydrogen) atoms. The fourth-order valence-electron chi connectivity index (χ4n) is 3.27. The molecule has 1 aliphatic heterocycles. The van der Waals surface area contributed by atoms with Crippen LogP contribution in [0.3, 0.4) is 0 Å². The van der Waals surface area contributed by atoms with E-state index in [2.05, 4.69) is 33.9 Å². The SMILES string of the molecule is C=CSc1c(C=C)c(OC(C)C)cc2c1C(C)CN2C(=O)BC(C)C. The summed E-state index contributed by atoms with van der Waals surface area (Å²) < 4.78 is 6.04.